The van der Waals surface area contributed by atoms with Crippen LogP contribution in [0.25, 0.3) is 0 Å². The third-order valence-electron chi connectivity index (χ3n) is 9.14. The van der Waals surface area contributed by atoms with E-state index < -0.39 is 45.8 Å². The van der Waals surface area contributed by atoms with E-state index in [2.05, 4.69) is 0 Å². The van der Waals surface area contributed by atoms with Crippen molar-refractivity contribution in [1.29, 1.82) is 0 Å². The molecule has 0 amide bonds. The van der Waals surface area contributed by atoms with Crippen molar-refractivity contribution < 1.29 is 34.1 Å². The zero-order chi connectivity index (χ0) is 25.4. The molecule has 4 aliphatic rings. The average Bonchev–Trinajstić information content (AvgIpc) is 3.15. The van der Waals surface area contributed by atoms with Gasteiger partial charge in [0.15, 0.2) is 5.78 Å². The van der Waals surface area contributed by atoms with Gasteiger partial charge in [0.05, 0.1) is 5.60 Å². The number of fused-ring (bicyclic) bond motifs is 5. The number of allylic oxidation sites excluding steroid dienone is 1. The lowest BCUT2D eigenvalue weighted by Gasteiger charge is -2.50. The SMILES string of the molecule is CC=C(C)C(=O)OCC1=CC2C3C(C)(C)C3(OC(C)=O)CC(C)C2(O)C2C=C(C)C(=O)C2(O)C1. The topological polar surface area (TPSA) is 110 Å². The predicted octanol–water partition coefficient (Wildman–Crippen LogP) is 3.05. The van der Waals surface area contributed by atoms with E-state index in [0.29, 0.717) is 23.1 Å². The highest BCUT2D eigenvalue weighted by Gasteiger charge is 2.83. The summed E-state index contributed by atoms with van der Waals surface area (Å²) in [6.45, 7) is 12.3. The molecule has 186 valence electrons. The summed E-state index contributed by atoms with van der Waals surface area (Å²) in [5.41, 5.74) is -2.95. The monoisotopic (exact) mass is 472 g/mol. The van der Waals surface area contributed by atoms with Gasteiger partial charge in [0.1, 0.15) is 17.8 Å². The fourth-order valence-corrected chi connectivity index (χ4v) is 7.23. The molecule has 0 radical (unpaired) electrons. The molecule has 0 bridgehead atoms. The maximum atomic E-state index is 13.2. The fourth-order valence-electron chi connectivity index (χ4n) is 7.23. The van der Waals surface area contributed by atoms with Crippen LogP contribution >= 0.6 is 0 Å². The maximum absolute atomic E-state index is 13.2. The molecule has 0 aliphatic heterocycles. The van der Waals surface area contributed by atoms with Gasteiger partial charge >= 0.3 is 11.9 Å². The summed E-state index contributed by atoms with van der Waals surface area (Å²) in [7, 11) is 0. The van der Waals surface area contributed by atoms with E-state index >= 15 is 0 Å². The minimum absolute atomic E-state index is 0.0360. The summed E-state index contributed by atoms with van der Waals surface area (Å²) in [6.07, 6.45) is 5.63. The summed E-state index contributed by atoms with van der Waals surface area (Å²) in [5, 5.41) is 24.1. The largest absolute Gasteiger partial charge is 0.458 e. The van der Waals surface area contributed by atoms with E-state index in [9.17, 15) is 24.6 Å². The van der Waals surface area contributed by atoms with Gasteiger partial charge in [-0.3, -0.25) is 9.59 Å². The van der Waals surface area contributed by atoms with Crippen LogP contribution in [0.5, 0.6) is 0 Å². The van der Waals surface area contributed by atoms with Gasteiger partial charge < -0.3 is 19.7 Å². The lowest BCUT2D eigenvalue weighted by atomic mass is 9.60. The normalized spacial score (nSPS) is 42.4. The van der Waals surface area contributed by atoms with Crippen LogP contribution in [-0.2, 0) is 23.9 Å². The molecule has 0 aromatic rings. The minimum Gasteiger partial charge on any atom is -0.458 e. The Balaban J connectivity index is 1.82. The Bertz CT molecular complexity index is 1050. The van der Waals surface area contributed by atoms with Crippen LogP contribution < -0.4 is 0 Å². The molecule has 7 unspecified atom stereocenters. The molecule has 2 fully saturated rings. The number of carbonyl (C=O) groups excluding carboxylic acids is 3. The van der Waals surface area contributed by atoms with Crippen molar-refractivity contribution >= 4 is 17.7 Å². The lowest BCUT2D eigenvalue weighted by Crippen LogP contribution is -2.61. The summed E-state index contributed by atoms with van der Waals surface area (Å²) in [5.74, 6) is -3.16. The fraction of sp³-hybridized carbons (Fsp3) is 0.667. The highest BCUT2D eigenvalue weighted by molar-refractivity contribution is 6.04. The number of rotatable bonds is 4. The minimum atomic E-state index is -1.82. The molecule has 7 nitrogen and oxygen atoms in total. The Morgan fingerprint density at radius 3 is 2.44 bits per heavy atom. The molecule has 2 N–H and O–H groups in total. The second-order valence-electron chi connectivity index (χ2n) is 11.3. The first-order valence-electron chi connectivity index (χ1n) is 12.0. The van der Waals surface area contributed by atoms with Crippen molar-refractivity contribution in [3.63, 3.8) is 0 Å². The first-order chi connectivity index (χ1) is 15.7. The number of ether oxygens (including phenoxy) is 2. The molecule has 7 heteroatoms. The van der Waals surface area contributed by atoms with Crippen molar-refractivity contribution in [2.24, 2.45) is 29.1 Å². The molecule has 0 saturated heterocycles. The first kappa shape index (κ1) is 24.9. The molecule has 34 heavy (non-hydrogen) atoms. The van der Waals surface area contributed by atoms with E-state index in [1.54, 1.807) is 32.9 Å². The third-order valence-corrected chi connectivity index (χ3v) is 9.14. The van der Waals surface area contributed by atoms with Gasteiger partial charge in [0.25, 0.3) is 0 Å². The maximum Gasteiger partial charge on any atom is 0.333 e. The molecular formula is C27H36O7. The predicted molar refractivity (Wildman–Crippen MR) is 124 cm³/mol. The third kappa shape index (κ3) is 3.12. The summed E-state index contributed by atoms with van der Waals surface area (Å²) < 4.78 is 11.4. The number of hydrogen-bond acceptors (Lipinski definition) is 7. The Labute approximate surface area is 200 Å². The Morgan fingerprint density at radius 2 is 1.85 bits per heavy atom. The summed E-state index contributed by atoms with van der Waals surface area (Å²) in [6, 6.07) is 0. The molecular weight excluding hydrogens is 436 g/mol. The van der Waals surface area contributed by atoms with Crippen LogP contribution in [0.1, 0.15) is 61.3 Å². The van der Waals surface area contributed by atoms with Gasteiger partial charge in [-0.2, -0.15) is 0 Å². The van der Waals surface area contributed by atoms with Crippen LogP contribution in [0.3, 0.4) is 0 Å². The van der Waals surface area contributed by atoms with Crippen molar-refractivity contribution in [2.75, 3.05) is 6.61 Å². The second-order valence-corrected chi connectivity index (χ2v) is 11.3. The molecule has 7 atom stereocenters. The van der Waals surface area contributed by atoms with Gasteiger partial charge in [0, 0.05) is 42.1 Å². The first-order valence-corrected chi connectivity index (χ1v) is 12.0. The van der Waals surface area contributed by atoms with E-state index in [-0.39, 0.29) is 30.8 Å². The Kier molecular flexibility index (Phi) is 5.57. The van der Waals surface area contributed by atoms with Crippen LogP contribution in [0, 0.1) is 29.1 Å². The van der Waals surface area contributed by atoms with Gasteiger partial charge in [-0.05, 0) is 44.3 Å². The van der Waals surface area contributed by atoms with Crippen molar-refractivity contribution in [3.8, 4) is 0 Å². The van der Waals surface area contributed by atoms with E-state index in [1.165, 1.54) is 6.92 Å². The molecule has 0 aromatic carbocycles. The van der Waals surface area contributed by atoms with Crippen LogP contribution in [0.15, 0.2) is 34.9 Å². The number of hydrogen-bond donors (Lipinski definition) is 2. The zero-order valence-electron chi connectivity index (χ0n) is 21.1. The van der Waals surface area contributed by atoms with Gasteiger partial charge in [-0.25, -0.2) is 4.79 Å². The standard InChI is InChI=1S/C27H36O7/c1-8-14(2)23(30)33-13-18-10-19-21-24(6,7)26(21,34-17(5)28)11-16(4)27(19,32)20-9-15(3)22(29)25(20,31)12-18/h8-10,16,19-21,31-32H,11-13H2,1-7H3. The lowest BCUT2D eigenvalue weighted by molar-refractivity contribution is -0.186. The van der Waals surface area contributed by atoms with Crippen LogP contribution in [0.2, 0.25) is 0 Å². The Morgan fingerprint density at radius 1 is 1.21 bits per heavy atom. The van der Waals surface area contributed by atoms with Crippen molar-refractivity contribution in [2.45, 2.75) is 78.1 Å². The quantitative estimate of drug-likeness (QED) is 0.368. The highest BCUT2D eigenvalue weighted by Crippen LogP contribution is 2.76. The number of ketones is 1. The molecule has 0 spiro atoms. The summed E-state index contributed by atoms with van der Waals surface area (Å²) in [4.78, 5) is 37.5. The zero-order valence-corrected chi connectivity index (χ0v) is 21.1. The number of esters is 2. The van der Waals surface area contributed by atoms with E-state index in [0.717, 1.165) is 0 Å². The van der Waals surface area contributed by atoms with Crippen molar-refractivity contribution in [3.05, 3.63) is 34.9 Å². The molecule has 4 aliphatic carbocycles. The Hall–Kier alpha value is -2.25. The highest BCUT2D eigenvalue weighted by atomic mass is 16.6. The molecule has 0 heterocycles. The molecule has 0 aromatic heterocycles. The average molecular weight is 473 g/mol. The van der Waals surface area contributed by atoms with Crippen molar-refractivity contribution in [1.82, 2.24) is 0 Å². The van der Waals surface area contributed by atoms with Crippen LogP contribution in [0.4, 0.5) is 0 Å². The second kappa shape index (κ2) is 7.62. The van der Waals surface area contributed by atoms with Crippen LogP contribution in [-0.4, -0.2) is 51.3 Å². The summed E-state index contributed by atoms with van der Waals surface area (Å²) >= 11 is 0. The van der Waals surface area contributed by atoms with E-state index in [4.69, 9.17) is 9.47 Å². The van der Waals surface area contributed by atoms with Gasteiger partial charge in [-0.1, -0.05) is 39.0 Å². The molecule has 2 saturated carbocycles. The number of Topliss-reactive ketones (excluding diaryl/α,β-unsaturated/α-hetero) is 1. The van der Waals surface area contributed by atoms with E-state index in [1.807, 2.05) is 26.8 Å². The number of aliphatic hydroxyl groups is 2. The molecule has 4 rings (SSSR count). The number of carbonyl (C=O) groups is 3. The van der Waals surface area contributed by atoms with Gasteiger partial charge in [0.2, 0.25) is 0 Å². The smallest absolute Gasteiger partial charge is 0.333 e. The van der Waals surface area contributed by atoms with Gasteiger partial charge in [-0.15, -0.1) is 0 Å².